The lowest BCUT2D eigenvalue weighted by molar-refractivity contribution is -0.209. The molecule has 2 rings (SSSR count). The van der Waals surface area contributed by atoms with Crippen LogP contribution in [-0.4, -0.2) is 28.6 Å². The molecule has 0 unspecified atom stereocenters. The van der Waals surface area contributed by atoms with Crippen LogP contribution in [0.1, 0.15) is 115 Å². The lowest BCUT2D eigenvalue weighted by atomic mass is 9.35. The van der Waals surface area contributed by atoms with Crippen LogP contribution in [0.25, 0.3) is 0 Å². The van der Waals surface area contributed by atoms with E-state index in [1.165, 1.54) is 11.1 Å². The molecule has 4 heteroatoms. The lowest BCUT2D eigenvalue weighted by Gasteiger charge is -2.65. The molecular weight excluding hydrogens is 484 g/mol. The molecule has 0 spiro atoms. The highest BCUT2D eigenvalue weighted by Crippen LogP contribution is 2.68. The smallest absolute Gasteiger partial charge is 0.163 e. The van der Waals surface area contributed by atoms with E-state index >= 15 is 4.79 Å². The van der Waals surface area contributed by atoms with E-state index < -0.39 is 34.2 Å². The van der Waals surface area contributed by atoms with Crippen LogP contribution in [0.3, 0.4) is 0 Å². The summed E-state index contributed by atoms with van der Waals surface area (Å²) in [5.41, 5.74) is 0.684. The summed E-state index contributed by atoms with van der Waals surface area (Å²) in [6.45, 7) is 21.8. The van der Waals surface area contributed by atoms with Crippen LogP contribution in [-0.2, 0) is 14.4 Å². The molecule has 2 saturated carbocycles. The van der Waals surface area contributed by atoms with Crippen LogP contribution in [0.4, 0.5) is 0 Å². The summed E-state index contributed by atoms with van der Waals surface area (Å²) < 4.78 is 0. The number of carbonyl (C=O) groups is 3. The molecule has 0 aromatic rings. The Morgan fingerprint density at radius 1 is 0.872 bits per heavy atom. The molecule has 0 aromatic heterocycles. The highest BCUT2D eigenvalue weighted by atomic mass is 16.3. The van der Waals surface area contributed by atoms with Gasteiger partial charge in [0, 0.05) is 11.8 Å². The fraction of sp³-hybridized carbons (Fsp3) is 0.686. The minimum Gasteiger partial charge on any atom is -0.391 e. The van der Waals surface area contributed by atoms with Gasteiger partial charge in [0.1, 0.15) is 5.41 Å². The van der Waals surface area contributed by atoms with Crippen molar-refractivity contribution in [1.29, 1.82) is 0 Å². The van der Waals surface area contributed by atoms with Gasteiger partial charge in [0.05, 0.1) is 11.5 Å². The lowest BCUT2D eigenvalue weighted by Crippen LogP contribution is -2.76. The van der Waals surface area contributed by atoms with Crippen molar-refractivity contribution >= 4 is 17.3 Å². The fourth-order valence-electron chi connectivity index (χ4n) is 7.21. The maximum Gasteiger partial charge on any atom is 0.163 e. The average Bonchev–Trinajstić information content (AvgIpc) is 2.81. The summed E-state index contributed by atoms with van der Waals surface area (Å²) >= 11 is 0. The molecule has 4 nitrogen and oxygen atoms in total. The zero-order chi connectivity index (χ0) is 29.9. The molecule has 0 radical (unpaired) electrons. The third-order valence-corrected chi connectivity index (χ3v) is 9.40. The zero-order valence-corrected chi connectivity index (χ0v) is 26.5. The number of ketones is 3. The summed E-state index contributed by atoms with van der Waals surface area (Å²) in [5.74, 6) is -2.07. The van der Waals surface area contributed by atoms with Crippen LogP contribution in [0.2, 0.25) is 0 Å². The quantitative estimate of drug-likeness (QED) is 0.213. The van der Waals surface area contributed by atoms with Gasteiger partial charge in [0.25, 0.3) is 0 Å². The van der Waals surface area contributed by atoms with E-state index in [0.717, 1.165) is 11.1 Å². The fourth-order valence-corrected chi connectivity index (χ4v) is 7.21. The van der Waals surface area contributed by atoms with Gasteiger partial charge in [-0.25, -0.2) is 0 Å². The molecule has 6 atom stereocenters. The highest BCUT2D eigenvalue weighted by Gasteiger charge is 2.77. The molecule has 0 amide bonds. The average molecular weight is 539 g/mol. The predicted molar refractivity (Wildman–Crippen MR) is 161 cm³/mol. The minimum absolute atomic E-state index is 0.105. The van der Waals surface area contributed by atoms with Gasteiger partial charge in [-0.1, -0.05) is 67.4 Å². The second-order valence-corrected chi connectivity index (χ2v) is 13.8. The van der Waals surface area contributed by atoms with E-state index in [-0.39, 0.29) is 29.7 Å². The maximum atomic E-state index is 15.0. The number of allylic oxidation sites excluding steroid dienone is 8. The first-order valence-corrected chi connectivity index (χ1v) is 14.8. The third-order valence-electron chi connectivity index (χ3n) is 9.40. The van der Waals surface area contributed by atoms with Crippen molar-refractivity contribution in [1.82, 2.24) is 0 Å². The van der Waals surface area contributed by atoms with Crippen molar-refractivity contribution in [2.75, 3.05) is 0 Å². The van der Waals surface area contributed by atoms with E-state index in [4.69, 9.17) is 0 Å². The van der Waals surface area contributed by atoms with Crippen LogP contribution in [0, 0.1) is 34.0 Å². The summed E-state index contributed by atoms with van der Waals surface area (Å²) in [4.78, 5) is 44.1. The first-order valence-electron chi connectivity index (χ1n) is 14.8. The number of rotatable bonds is 11. The topological polar surface area (TPSA) is 71.4 Å². The second-order valence-electron chi connectivity index (χ2n) is 13.8. The monoisotopic (exact) mass is 538 g/mol. The van der Waals surface area contributed by atoms with Crippen molar-refractivity contribution in [2.45, 2.75) is 121 Å². The van der Waals surface area contributed by atoms with Gasteiger partial charge in [-0.05, 0) is 105 Å². The molecule has 1 N–H and O–H groups in total. The highest BCUT2D eigenvalue weighted by molar-refractivity contribution is 6.22. The molecule has 218 valence electrons. The first kappa shape index (κ1) is 33.1. The molecule has 0 heterocycles. The number of hydrogen-bond acceptors (Lipinski definition) is 4. The SMILES string of the molecule is CC(C)=CCC[C@]1(C)[C@@H](CC=C(C)C)C[C@@]2(CC=C(C)C)C(=O)[C@@H](CC=C(C)C)[C@H](O)[C@@]1(C(=O)C(C)C)C2=O. The van der Waals surface area contributed by atoms with Gasteiger partial charge in [0.15, 0.2) is 17.3 Å². The predicted octanol–water partition coefficient (Wildman–Crippen LogP) is 8.15. The Balaban J connectivity index is 3.02. The van der Waals surface area contributed by atoms with E-state index in [1.54, 1.807) is 0 Å². The molecule has 39 heavy (non-hydrogen) atoms. The zero-order valence-electron chi connectivity index (χ0n) is 26.5. The number of carbonyl (C=O) groups excluding carboxylic acids is 3. The Hall–Kier alpha value is -2.07. The molecule has 0 aromatic carbocycles. The number of fused-ring (bicyclic) bond motifs is 2. The van der Waals surface area contributed by atoms with Crippen LogP contribution < -0.4 is 0 Å². The van der Waals surface area contributed by atoms with Crippen molar-refractivity contribution in [3.8, 4) is 0 Å². The Morgan fingerprint density at radius 2 is 1.38 bits per heavy atom. The Kier molecular flexibility index (Phi) is 10.7. The summed E-state index contributed by atoms with van der Waals surface area (Å²) in [7, 11) is 0. The Bertz CT molecular complexity index is 1070. The van der Waals surface area contributed by atoms with Crippen LogP contribution in [0.5, 0.6) is 0 Å². The first-order chi connectivity index (χ1) is 18.0. The molecule has 2 bridgehead atoms. The van der Waals surface area contributed by atoms with Gasteiger partial charge < -0.3 is 5.11 Å². The largest absolute Gasteiger partial charge is 0.391 e. The molecule has 2 aliphatic carbocycles. The normalized spacial score (nSPS) is 32.0. The molecule has 2 fully saturated rings. The van der Waals surface area contributed by atoms with Gasteiger partial charge >= 0.3 is 0 Å². The van der Waals surface area contributed by atoms with E-state index in [1.807, 2.05) is 53.7 Å². The van der Waals surface area contributed by atoms with Gasteiger partial charge in [-0.2, -0.15) is 0 Å². The van der Waals surface area contributed by atoms with Crippen LogP contribution >= 0.6 is 0 Å². The van der Waals surface area contributed by atoms with Gasteiger partial charge in [0.2, 0.25) is 0 Å². The third kappa shape index (κ3) is 6.01. The van der Waals surface area contributed by atoms with Crippen molar-refractivity contribution < 1.29 is 19.5 Å². The van der Waals surface area contributed by atoms with Crippen molar-refractivity contribution in [3.05, 3.63) is 46.6 Å². The number of aliphatic hydroxyl groups excluding tert-OH is 1. The number of aliphatic hydroxyl groups is 1. The Labute approximate surface area is 238 Å². The molecule has 0 saturated heterocycles. The summed E-state index contributed by atoms with van der Waals surface area (Å²) in [6.07, 6.45) is 9.96. The number of hydrogen-bond donors (Lipinski definition) is 1. The number of Topliss-reactive ketones (excluding diaryl/α,β-unsaturated/α-hetero) is 3. The van der Waals surface area contributed by atoms with E-state index in [2.05, 4.69) is 46.8 Å². The summed E-state index contributed by atoms with van der Waals surface area (Å²) in [5, 5.41) is 12.3. The second kappa shape index (κ2) is 12.6. The van der Waals surface area contributed by atoms with Gasteiger partial charge in [-0.3, -0.25) is 14.4 Å². The molecule has 0 aliphatic heterocycles. The van der Waals surface area contributed by atoms with E-state index in [9.17, 15) is 14.7 Å². The molecular formula is C35H54O4. The van der Waals surface area contributed by atoms with Crippen LogP contribution in [0.15, 0.2) is 46.6 Å². The maximum absolute atomic E-state index is 15.0. The van der Waals surface area contributed by atoms with Crippen molar-refractivity contribution in [2.24, 2.45) is 34.0 Å². The Morgan fingerprint density at radius 3 is 1.87 bits per heavy atom. The summed E-state index contributed by atoms with van der Waals surface area (Å²) in [6, 6.07) is 0. The minimum atomic E-state index is -1.64. The van der Waals surface area contributed by atoms with E-state index in [0.29, 0.717) is 32.1 Å². The molecule has 2 aliphatic rings. The standard InChI is InChI=1S/C35H54O4/c1-22(2)13-12-19-33(11)27(16-14-23(3)4)21-34(20-18-25(7)8)30(37)28(17-15-24(5)6)31(38)35(33,32(34)39)29(36)26(9)10/h13-15,18,26-28,31,38H,12,16-17,19-21H2,1-11H3/t27-,28+,31-,33+,34-,35-/m0/s1. The van der Waals surface area contributed by atoms with Gasteiger partial charge in [-0.15, -0.1) is 0 Å². The van der Waals surface area contributed by atoms with Crippen molar-refractivity contribution in [3.63, 3.8) is 0 Å².